The number of alkyl halides is 3. The number of aromatic nitrogens is 2. The van der Waals surface area contributed by atoms with Gasteiger partial charge in [-0.25, -0.2) is 4.79 Å². The molecule has 0 bridgehead atoms. The maximum atomic E-state index is 12.3. The van der Waals surface area contributed by atoms with Gasteiger partial charge in [-0.05, 0) is 23.8 Å². The number of carbonyl (C=O) groups is 1. The molecule has 24 heavy (non-hydrogen) atoms. The summed E-state index contributed by atoms with van der Waals surface area (Å²) in [4.78, 5) is 12.7. The Morgan fingerprint density at radius 2 is 2.17 bits per heavy atom. The van der Waals surface area contributed by atoms with Crippen LogP contribution in [0.2, 0.25) is 0 Å². The summed E-state index contributed by atoms with van der Waals surface area (Å²) < 4.78 is 38.7. The Hall–Kier alpha value is -2.55. The average Bonchev–Trinajstić information content (AvgIpc) is 2.99. The zero-order valence-electron chi connectivity index (χ0n) is 12.9. The van der Waals surface area contributed by atoms with Crippen molar-refractivity contribution in [2.45, 2.75) is 18.8 Å². The van der Waals surface area contributed by atoms with Crippen LogP contribution in [0.5, 0.6) is 0 Å². The molecule has 1 aromatic carbocycles. The van der Waals surface area contributed by atoms with Crippen LogP contribution >= 0.6 is 0 Å². The third-order valence-corrected chi connectivity index (χ3v) is 3.25. The number of likely N-dealkylation sites (N-methyl/N-ethyl adjacent to an activating group) is 1. The number of urea groups is 1. The van der Waals surface area contributed by atoms with Gasteiger partial charge in [-0.3, -0.25) is 4.68 Å². The fraction of sp³-hybridized carbons (Fsp3) is 0.333. The summed E-state index contributed by atoms with van der Waals surface area (Å²) in [6.45, 7) is -0.346. The normalized spacial score (nSPS) is 12.7. The number of rotatable bonds is 5. The topological polar surface area (TPSA) is 70.4 Å². The molecule has 0 fully saturated rings. The Kier molecular flexibility index (Phi) is 5.45. The van der Waals surface area contributed by atoms with E-state index in [4.69, 9.17) is 5.11 Å². The lowest BCUT2D eigenvalue weighted by Crippen LogP contribution is -2.43. The predicted molar refractivity (Wildman–Crippen MR) is 81.5 cm³/mol. The number of anilines is 1. The molecule has 9 heteroatoms. The number of halogens is 3. The smallest absolute Gasteiger partial charge is 0.382 e. The van der Waals surface area contributed by atoms with Crippen molar-refractivity contribution in [3.63, 3.8) is 0 Å². The Balaban J connectivity index is 1.96. The molecule has 2 rings (SSSR count). The number of benzene rings is 1. The van der Waals surface area contributed by atoms with E-state index in [0.717, 1.165) is 10.5 Å². The molecule has 0 saturated heterocycles. The van der Waals surface area contributed by atoms with E-state index in [2.05, 4.69) is 10.4 Å². The summed E-state index contributed by atoms with van der Waals surface area (Å²) in [5.74, 6) is 0. The lowest BCUT2D eigenvalue weighted by Gasteiger charge is -2.22. The molecule has 0 unspecified atom stereocenters. The molecule has 0 aliphatic rings. The second-order valence-electron chi connectivity index (χ2n) is 5.27. The maximum absolute atomic E-state index is 12.3. The largest absolute Gasteiger partial charge is 0.416 e. The van der Waals surface area contributed by atoms with Crippen LogP contribution in [-0.4, -0.2) is 51.7 Å². The van der Waals surface area contributed by atoms with E-state index in [1.54, 1.807) is 41.3 Å². The highest BCUT2D eigenvalue weighted by molar-refractivity contribution is 5.89. The highest BCUT2D eigenvalue weighted by atomic mass is 19.4. The van der Waals surface area contributed by atoms with Gasteiger partial charge in [0.05, 0.1) is 13.1 Å². The molecule has 1 aromatic heterocycles. The molecule has 2 N–H and O–H groups in total. The predicted octanol–water partition coefficient (Wildman–Crippen LogP) is 2.32. The molecule has 130 valence electrons. The van der Waals surface area contributed by atoms with Gasteiger partial charge in [0.2, 0.25) is 0 Å². The summed E-state index contributed by atoms with van der Waals surface area (Å²) in [5.41, 5.74) is 1.31. The van der Waals surface area contributed by atoms with Crippen molar-refractivity contribution in [2.24, 2.45) is 0 Å². The molecule has 0 aliphatic carbocycles. The van der Waals surface area contributed by atoms with Gasteiger partial charge < -0.3 is 15.3 Å². The minimum atomic E-state index is -4.77. The number of aliphatic hydroxyl groups excluding tert-OH is 1. The van der Waals surface area contributed by atoms with Crippen LogP contribution in [-0.2, 0) is 6.54 Å². The molecule has 0 saturated carbocycles. The molecule has 0 aliphatic heterocycles. The number of nitrogens with zero attached hydrogens (tertiary/aromatic N) is 3. The van der Waals surface area contributed by atoms with Crippen LogP contribution in [0, 0.1) is 0 Å². The minimum absolute atomic E-state index is 0.443. The standard InChI is InChI=1S/C15H17F3N4O2/c1-21(10-13(23)15(16,17)18)14(24)20-12-5-2-4-11(8-12)9-22-7-3-6-19-22/h2-8,13,23H,9-10H2,1H3,(H,20,24)/t13-/m1/s1. The summed E-state index contributed by atoms with van der Waals surface area (Å²) in [6, 6.07) is 7.93. The van der Waals surface area contributed by atoms with E-state index in [1.165, 1.54) is 7.05 Å². The first-order valence-electron chi connectivity index (χ1n) is 7.09. The Morgan fingerprint density at radius 1 is 1.42 bits per heavy atom. The fourth-order valence-electron chi connectivity index (χ4n) is 1.99. The fourth-order valence-corrected chi connectivity index (χ4v) is 1.99. The first kappa shape index (κ1) is 17.8. The van der Waals surface area contributed by atoms with Gasteiger partial charge in [0, 0.05) is 25.1 Å². The third-order valence-electron chi connectivity index (χ3n) is 3.25. The van der Waals surface area contributed by atoms with Gasteiger partial charge >= 0.3 is 12.2 Å². The number of hydrogen-bond acceptors (Lipinski definition) is 3. The van der Waals surface area contributed by atoms with E-state index >= 15 is 0 Å². The summed E-state index contributed by atoms with van der Waals surface area (Å²) in [7, 11) is 1.18. The van der Waals surface area contributed by atoms with Crippen molar-refractivity contribution in [3.8, 4) is 0 Å². The third kappa shape index (κ3) is 4.98. The summed E-state index contributed by atoms with van der Waals surface area (Å²) >= 11 is 0. The zero-order valence-corrected chi connectivity index (χ0v) is 12.9. The van der Waals surface area contributed by atoms with Crippen molar-refractivity contribution in [2.75, 3.05) is 18.9 Å². The van der Waals surface area contributed by atoms with Crippen LogP contribution in [0.3, 0.4) is 0 Å². The monoisotopic (exact) mass is 342 g/mol. The second-order valence-corrected chi connectivity index (χ2v) is 5.27. The first-order chi connectivity index (χ1) is 11.3. The van der Waals surface area contributed by atoms with E-state index in [9.17, 15) is 18.0 Å². The van der Waals surface area contributed by atoms with Crippen LogP contribution < -0.4 is 5.32 Å². The number of hydrogen-bond donors (Lipinski definition) is 2. The second kappa shape index (κ2) is 7.35. The van der Waals surface area contributed by atoms with E-state index < -0.39 is 24.9 Å². The van der Waals surface area contributed by atoms with Crippen LogP contribution in [0.1, 0.15) is 5.56 Å². The van der Waals surface area contributed by atoms with Gasteiger partial charge in [-0.1, -0.05) is 12.1 Å². The molecule has 0 radical (unpaired) electrons. The molecular formula is C15H17F3N4O2. The van der Waals surface area contributed by atoms with E-state index in [-0.39, 0.29) is 0 Å². The number of amides is 2. The Morgan fingerprint density at radius 3 is 2.79 bits per heavy atom. The Bertz CT molecular complexity index is 674. The number of carbonyl (C=O) groups excluding carboxylic acids is 1. The van der Waals surface area contributed by atoms with Crippen molar-refractivity contribution in [3.05, 3.63) is 48.3 Å². The molecule has 1 atom stereocenters. The lowest BCUT2D eigenvalue weighted by molar-refractivity contribution is -0.205. The van der Waals surface area contributed by atoms with Gasteiger partial charge in [0.1, 0.15) is 0 Å². The number of nitrogens with one attached hydrogen (secondary N) is 1. The lowest BCUT2D eigenvalue weighted by atomic mass is 10.2. The van der Waals surface area contributed by atoms with Gasteiger partial charge in [0.25, 0.3) is 0 Å². The van der Waals surface area contributed by atoms with Gasteiger partial charge in [0.15, 0.2) is 6.10 Å². The van der Waals surface area contributed by atoms with E-state index in [1.807, 2.05) is 6.07 Å². The summed E-state index contributed by atoms with van der Waals surface area (Å²) in [6.07, 6.45) is -3.91. The van der Waals surface area contributed by atoms with E-state index in [0.29, 0.717) is 12.2 Å². The highest BCUT2D eigenvalue weighted by Crippen LogP contribution is 2.20. The molecule has 2 amide bonds. The molecule has 2 aromatic rings. The molecule has 0 spiro atoms. The zero-order chi connectivity index (χ0) is 17.7. The van der Waals surface area contributed by atoms with Gasteiger partial charge in [-0.15, -0.1) is 0 Å². The SMILES string of the molecule is CN(C[C@@H](O)C(F)(F)F)C(=O)Nc1cccc(Cn2cccn2)c1. The molecule has 6 nitrogen and oxygen atoms in total. The summed E-state index contributed by atoms with van der Waals surface area (Å²) in [5, 5.41) is 15.6. The van der Waals surface area contributed by atoms with Crippen molar-refractivity contribution in [1.82, 2.24) is 14.7 Å². The minimum Gasteiger partial charge on any atom is -0.382 e. The van der Waals surface area contributed by atoms with Crippen molar-refractivity contribution >= 4 is 11.7 Å². The molecular weight excluding hydrogens is 325 g/mol. The van der Waals surface area contributed by atoms with Crippen LogP contribution in [0.25, 0.3) is 0 Å². The van der Waals surface area contributed by atoms with Crippen molar-refractivity contribution < 1.29 is 23.1 Å². The van der Waals surface area contributed by atoms with Gasteiger partial charge in [-0.2, -0.15) is 18.3 Å². The van der Waals surface area contributed by atoms with Crippen LogP contribution in [0.4, 0.5) is 23.7 Å². The average molecular weight is 342 g/mol. The number of aliphatic hydroxyl groups is 1. The quantitative estimate of drug-likeness (QED) is 0.876. The first-order valence-corrected chi connectivity index (χ1v) is 7.09. The van der Waals surface area contributed by atoms with Crippen molar-refractivity contribution in [1.29, 1.82) is 0 Å². The molecule has 1 heterocycles. The Labute approximate surface area is 136 Å². The highest BCUT2D eigenvalue weighted by Gasteiger charge is 2.39. The van der Waals surface area contributed by atoms with Crippen LogP contribution in [0.15, 0.2) is 42.7 Å². The maximum Gasteiger partial charge on any atom is 0.416 e.